The quantitative estimate of drug-likeness (QED) is 0.601. The normalized spacial score (nSPS) is 15.2. The summed E-state index contributed by atoms with van der Waals surface area (Å²) in [5, 5.41) is 7.91. The van der Waals surface area contributed by atoms with Crippen LogP contribution in [0, 0.1) is 12.7 Å². The number of aryl methyl sites for hydroxylation is 1. The van der Waals surface area contributed by atoms with Gasteiger partial charge in [-0.3, -0.25) is 4.79 Å². The number of carbonyl (C=O) groups excluding carboxylic acids is 1. The smallest absolute Gasteiger partial charge is 0.276 e. The average Bonchev–Trinajstić information content (AvgIpc) is 3.24. The van der Waals surface area contributed by atoms with Crippen LogP contribution < -0.4 is 0 Å². The van der Waals surface area contributed by atoms with Gasteiger partial charge in [0.1, 0.15) is 5.82 Å². The van der Waals surface area contributed by atoms with Crippen molar-refractivity contribution >= 4 is 15.9 Å². The maximum absolute atomic E-state index is 13.0. The van der Waals surface area contributed by atoms with Gasteiger partial charge in [0.25, 0.3) is 5.91 Å². The Balaban J connectivity index is 1.38. The Hall–Kier alpha value is -3.11. The molecule has 1 aliphatic rings. The molecule has 0 spiro atoms. The summed E-state index contributed by atoms with van der Waals surface area (Å²) < 4.78 is 41.6. The predicted octanol–water partition coefficient (Wildman–Crippen LogP) is 1.92. The molecule has 162 valence electrons. The standard InChI is InChI=1S/C21H22FN5O3S/c1-16-2-8-19(9-3-16)31(29,30)27-12-10-25(11-13-27)21(28)20-15-26(24-23-20)14-17-4-6-18(22)7-5-17/h2-9,15H,10-14H2,1H3. The molecule has 2 aromatic carbocycles. The van der Waals surface area contributed by atoms with Gasteiger partial charge in [-0.25, -0.2) is 17.5 Å². The van der Waals surface area contributed by atoms with E-state index < -0.39 is 10.0 Å². The van der Waals surface area contributed by atoms with E-state index in [0.29, 0.717) is 6.54 Å². The zero-order valence-electron chi connectivity index (χ0n) is 17.0. The average molecular weight is 444 g/mol. The van der Waals surface area contributed by atoms with E-state index in [1.54, 1.807) is 47.5 Å². The van der Waals surface area contributed by atoms with Gasteiger partial charge in [-0.2, -0.15) is 4.31 Å². The van der Waals surface area contributed by atoms with Gasteiger partial charge in [0.15, 0.2) is 5.69 Å². The lowest BCUT2D eigenvalue weighted by molar-refractivity contribution is 0.0692. The first-order valence-corrected chi connectivity index (χ1v) is 11.3. The van der Waals surface area contributed by atoms with E-state index in [4.69, 9.17) is 0 Å². The number of hydrogen-bond acceptors (Lipinski definition) is 5. The number of piperazine rings is 1. The molecule has 0 aliphatic carbocycles. The third-order valence-electron chi connectivity index (χ3n) is 5.20. The molecule has 1 fully saturated rings. The van der Waals surface area contributed by atoms with Crippen molar-refractivity contribution in [2.75, 3.05) is 26.2 Å². The highest BCUT2D eigenvalue weighted by Crippen LogP contribution is 2.19. The van der Waals surface area contributed by atoms with Gasteiger partial charge >= 0.3 is 0 Å². The van der Waals surface area contributed by atoms with E-state index in [1.807, 2.05) is 6.92 Å². The minimum atomic E-state index is -3.59. The first-order valence-electron chi connectivity index (χ1n) is 9.83. The zero-order chi connectivity index (χ0) is 22.0. The van der Waals surface area contributed by atoms with Gasteiger partial charge in [-0.1, -0.05) is 35.0 Å². The number of benzene rings is 2. The highest BCUT2D eigenvalue weighted by atomic mass is 32.2. The number of nitrogens with zero attached hydrogens (tertiary/aromatic N) is 5. The van der Waals surface area contributed by atoms with Crippen molar-refractivity contribution in [3.05, 3.63) is 77.4 Å². The van der Waals surface area contributed by atoms with Crippen LogP contribution in [0.2, 0.25) is 0 Å². The van der Waals surface area contributed by atoms with E-state index in [0.717, 1.165) is 11.1 Å². The molecule has 1 saturated heterocycles. The Kier molecular flexibility index (Phi) is 5.84. The topological polar surface area (TPSA) is 88.4 Å². The fourth-order valence-electron chi connectivity index (χ4n) is 3.40. The molecule has 0 radical (unpaired) electrons. The molecule has 4 rings (SSSR count). The predicted molar refractivity (Wildman–Crippen MR) is 111 cm³/mol. The summed E-state index contributed by atoms with van der Waals surface area (Å²) in [7, 11) is -3.59. The van der Waals surface area contributed by atoms with E-state index in [1.165, 1.54) is 21.1 Å². The molecule has 1 amide bonds. The molecule has 31 heavy (non-hydrogen) atoms. The summed E-state index contributed by atoms with van der Waals surface area (Å²) in [5.41, 5.74) is 2.01. The van der Waals surface area contributed by atoms with Crippen LogP contribution in [0.15, 0.2) is 59.6 Å². The lowest BCUT2D eigenvalue weighted by Gasteiger charge is -2.33. The summed E-state index contributed by atoms with van der Waals surface area (Å²) in [4.78, 5) is 14.6. The zero-order valence-corrected chi connectivity index (χ0v) is 17.8. The molecule has 0 bridgehead atoms. The molecule has 10 heteroatoms. The minimum Gasteiger partial charge on any atom is -0.335 e. The summed E-state index contributed by atoms with van der Waals surface area (Å²) in [6.07, 6.45) is 1.54. The third kappa shape index (κ3) is 4.64. The lowest BCUT2D eigenvalue weighted by atomic mass is 10.2. The molecule has 1 aromatic heterocycles. The van der Waals surface area contributed by atoms with Gasteiger partial charge in [0, 0.05) is 26.2 Å². The number of rotatable bonds is 5. The van der Waals surface area contributed by atoms with Crippen LogP contribution in [0.4, 0.5) is 4.39 Å². The monoisotopic (exact) mass is 443 g/mol. The van der Waals surface area contributed by atoms with Crippen molar-refractivity contribution in [2.24, 2.45) is 0 Å². The van der Waals surface area contributed by atoms with Crippen LogP contribution in [0.5, 0.6) is 0 Å². The minimum absolute atomic E-state index is 0.192. The van der Waals surface area contributed by atoms with Crippen LogP contribution in [0.3, 0.4) is 0 Å². The van der Waals surface area contributed by atoms with Gasteiger partial charge in [0.05, 0.1) is 17.6 Å². The molecule has 0 atom stereocenters. The van der Waals surface area contributed by atoms with Crippen molar-refractivity contribution in [2.45, 2.75) is 18.4 Å². The molecule has 0 saturated carbocycles. The van der Waals surface area contributed by atoms with E-state index in [-0.39, 0.29) is 48.5 Å². The number of aromatic nitrogens is 3. The second-order valence-corrected chi connectivity index (χ2v) is 9.38. The summed E-state index contributed by atoms with van der Waals surface area (Å²) in [6.45, 7) is 3.24. The Morgan fingerprint density at radius 3 is 2.29 bits per heavy atom. The van der Waals surface area contributed by atoms with Crippen molar-refractivity contribution in [1.29, 1.82) is 0 Å². The highest BCUT2D eigenvalue weighted by Gasteiger charge is 2.31. The Labute approximate surface area is 179 Å². The molecule has 3 aromatic rings. The largest absolute Gasteiger partial charge is 0.335 e. The molecular weight excluding hydrogens is 421 g/mol. The number of carbonyl (C=O) groups is 1. The van der Waals surface area contributed by atoms with Crippen LogP contribution in [-0.4, -0.2) is 64.7 Å². The number of halogens is 1. The summed E-state index contributed by atoms with van der Waals surface area (Å²) in [6, 6.07) is 12.7. The SMILES string of the molecule is Cc1ccc(S(=O)(=O)N2CCN(C(=O)c3cn(Cc4ccc(F)cc4)nn3)CC2)cc1. The highest BCUT2D eigenvalue weighted by molar-refractivity contribution is 7.89. The fourth-order valence-corrected chi connectivity index (χ4v) is 4.83. The van der Waals surface area contributed by atoms with Gasteiger partial charge in [0.2, 0.25) is 10.0 Å². The molecule has 0 N–H and O–H groups in total. The van der Waals surface area contributed by atoms with Gasteiger partial charge in [-0.15, -0.1) is 5.10 Å². The summed E-state index contributed by atoms with van der Waals surface area (Å²) >= 11 is 0. The second kappa shape index (κ2) is 8.56. The number of amides is 1. The molecule has 2 heterocycles. The Bertz CT molecular complexity index is 1170. The van der Waals surface area contributed by atoms with Crippen LogP contribution >= 0.6 is 0 Å². The molecule has 1 aliphatic heterocycles. The first-order chi connectivity index (χ1) is 14.8. The van der Waals surface area contributed by atoms with Crippen molar-refractivity contribution in [3.63, 3.8) is 0 Å². The molecule has 0 unspecified atom stereocenters. The van der Waals surface area contributed by atoms with Crippen molar-refractivity contribution in [3.8, 4) is 0 Å². The Morgan fingerprint density at radius 2 is 1.65 bits per heavy atom. The van der Waals surface area contributed by atoms with Gasteiger partial charge in [-0.05, 0) is 36.8 Å². The maximum Gasteiger partial charge on any atom is 0.276 e. The van der Waals surface area contributed by atoms with Crippen LogP contribution in [0.25, 0.3) is 0 Å². The van der Waals surface area contributed by atoms with E-state index in [9.17, 15) is 17.6 Å². The molecule has 8 nitrogen and oxygen atoms in total. The lowest BCUT2D eigenvalue weighted by Crippen LogP contribution is -2.50. The molecular formula is C21H22FN5O3S. The van der Waals surface area contributed by atoms with E-state index >= 15 is 0 Å². The number of hydrogen-bond donors (Lipinski definition) is 0. The van der Waals surface area contributed by atoms with Gasteiger partial charge < -0.3 is 4.90 Å². The maximum atomic E-state index is 13.0. The van der Waals surface area contributed by atoms with Crippen molar-refractivity contribution < 1.29 is 17.6 Å². The van der Waals surface area contributed by atoms with Crippen molar-refractivity contribution in [1.82, 2.24) is 24.2 Å². The van der Waals surface area contributed by atoms with E-state index in [2.05, 4.69) is 10.3 Å². The first kappa shape index (κ1) is 21.1. The third-order valence-corrected chi connectivity index (χ3v) is 7.11. The Morgan fingerprint density at radius 1 is 1.00 bits per heavy atom. The van der Waals surface area contributed by atoms with Crippen LogP contribution in [0.1, 0.15) is 21.6 Å². The fraction of sp³-hybridized carbons (Fsp3) is 0.286. The van der Waals surface area contributed by atoms with Crippen LogP contribution in [-0.2, 0) is 16.6 Å². The second-order valence-electron chi connectivity index (χ2n) is 7.44. The number of sulfonamides is 1. The summed E-state index contributed by atoms with van der Waals surface area (Å²) in [5.74, 6) is -0.612.